The highest BCUT2D eigenvalue weighted by Gasteiger charge is 2.15. The maximum atomic E-state index is 12.2. The highest BCUT2D eigenvalue weighted by Crippen LogP contribution is 2.32. The van der Waals surface area contributed by atoms with Crippen LogP contribution in [0.2, 0.25) is 0 Å². The summed E-state index contributed by atoms with van der Waals surface area (Å²) < 4.78 is 0. The van der Waals surface area contributed by atoms with Crippen LogP contribution < -0.4 is 10.6 Å². The lowest BCUT2D eigenvalue weighted by atomic mass is 9.84. The second-order valence-electron chi connectivity index (χ2n) is 6.83. The van der Waals surface area contributed by atoms with Crippen molar-refractivity contribution in [2.24, 2.45) is 0 Å². The molecule has 0 aromatic heterocycles. The van der Waals surface area contributed by atoms with Crippen LogP contribution in [0.4, 0.5) is 0 Å². The third-order valence-electron chi connectivity index (χ3n) is 4.98. The second-order valence-corrected chi connectivity index (χ2v) is 6.83. The maximum absolute atomic E-state index is 12.2. The molecule has 1 saturated carbocycles. The van der Waals surface area contributed by atoms with E-state index in [1.807, 2.05) is 30.3 Å². The van der Waals surface area contributed by atoms with Gasteiger partial charge in [-0.3, -0.25) is 9.59 Å². The minimum absolute atomic E-state index is 0.103. The van der Waals surface area contributed by atoms with Gasteiger partial charge in [-0.1, -0.05) is 49.6 Å². The minimum atomic E-state index is -0.128. The Balaban J connectivity index is 1.42. The molecule has 0 bridgehead atoms. The summed E-state index contributed by atoms with van der Waals surface area (Å²) in [5, 5.41) is 5.66. The molecule has 26 heavy (non-hydrogen) atoms. The summed E-state index contributed by atoms with van der Waals surface area (Å²) in [6.07, 6.45) is 6.47. The Morgan fingerprint density at radius 3 is 1.85 bits per heavy atom. The molecule has 4 nitrogen and oxygen atoms in total. The Morgan fingerprint density at radius 2 is 1.27 bits per heavy atom. The number of carbonyl (C=O) groups excluding carboxylic acids is 2. The number of hydrogen-bond donors (Lipinski definition) is 2. The van der Waals surface area contributed by atoms with Gasteiger partial charge in [0.15, 0.2) is 0 Å². The quantitative estimate of drug-likeness (QED) is 0.777. The zero-order valence-electron chi connectivity index (χ0n) is 15.0. The van der Waals surface area contributed by atoms with Gasteiger partial charge in [-0.2, -0.15) is 0 Å². The summed E-state index contributed by atoms with van der Waals surface area (Å²) in [6, 6.07) is 17.0. The molecule has 2 aromatic rings. The van der Waals surface area contributed by atoms with E-state index in [1.165, 1.54) is 37.7 Å². The molecule has 1 aliphatic rings. The van der Waals surface area contributed by atoms with Crippen LogP contribution in [-0.4, -0.2) is 24.9 Å². The van der Waals surface area contributed by atoms with Gasteiger partial charge in [-0.05, 0) is 48.6 Å². The van der Waals surface area contributed by atoms with Crippen LogP contribution in [0.5, 0.6) is 0 Å². The number of amides is 2. The average Bonchev–Trinajstić information content (AvgIpc) is 2.72. The van der Waals surface area contributed by atoms with E-state index in [0.29, 0.717) is 30.1 Å². The molecular formula is C22H26N2O2. The number of benzene rings is 2. The molecule has 0 heterocycles. The number of rotatable bonds is 6. The predicted octanol–water partition coefficient (Wildman–Crippen LogP) is 3.89. The number of carbonyl (C=O) groups is 2. The lowest BCUT2D eigenvalue weighted by molar-refractivity contribution is 0.0927. The van der Waals surface area contributed by atoms with Crippen molar-refractivity contribution in [2.75, 3.05) is 13.1 Å². The maximum Gasteiger partial charge on any atom is 0.251 e. The van der Waals surface area contributed by atoms with Crippen molar-refractivity contribution in [1.82, 2.24) is 10.6 Å². The van der Waals surface area contributed by atoms with Gasteiger partial charge in [-0.25, -0.2) is 0 Å². The van der Waals surface area contributed by atoms with Crippen LogP contribution in [0, 0.1) is 0 Å². The van der Waals surface area contributed by atoms with E-state index in [0.717, 1.165) is 0 Å². The number of hydrogen-bond acceptors (Lipinski definition) is 2. The highest BCUT2D eigenvalue weighted by atomic mass is 16.2. The van der Waals surface area contributed by atoms with Crippen molar-refractivity contribution < 1.29 is 9.59 Å². The molecule has 2 N–H and O–H groups in total. The van der Waals surface area contributed by atoms with Gasteiger partial charge in [0, 0.05) is 24.2 Å². The molecule has 136 valence electrons. The third-order valence-corrected chi connectivity index (χ3v) is 4.98. The zero-order chi connectivity index (χ0) is 18.2. The summed E-state index contributed by atoms with van der Waals surface area (Å²) in [7, 11) is 0. The van der Waals surface area contributed by atoms with E-state index in [2.05, 4.69) is 22.8 Å². The lowest BCUT2D eigenvalue weighted by Gasteiger charge is -2.22. The SMILES string of the molecule is O=C(NCCNC(=O)c1ccc(C2CCCCC2)cc1)c1ccccc1. The lowest BCUT2D eigenvalue weighted by Crippen LogP contribution is -2.34. The first-order chi connectivity index (χ1) is 12.7. The van der Waals surface area contributed by atoms with Crippen LogP contribution in [0.15, 0.2) is 54.6 Å². The smallest absolute Gasteiger partial charge is 0.251 e. The predicted molar refractivity (Wildman–Crippen MR) is 103 cm³/mol. The van der Waals surface area contributed by atoms with Gasteiger partial charge >= 0.3 is 0 Å². The first kappa shape index (κ1) is 18.2. The van der Waals surface area contributed by atoms with Gasteiger partial charge in [0.1, 0.15) is 0 Å². The zero-order valence-corrected chi connectivity index (χ0v) is 15.0. The Hall–Kier alpha value is -2.62. The Bertz CT molecular complexity index is 720. The fraction of sp³-hybridized carbons (Fsp3) is 0.364. The van der Waals surface area contributed by atoms with E-state index < -0.39 is 0 Å². The van der Waals surface area contributed by atoms with E-state index >= 15 is 0 Å². The van der Waals surface area contributed by atoms with E-state index in [1.54, 1.807) is 12.1 Å². The van der Waals surface area contributed by atoms with Gasteiger partial charge < -0.3 is 10.6 Å². The molecule has 2 aromatic carbocycles. The monoisotopic (exact) mass is 350 g/mol. The van der Waals surface area contributed by atoms with Crippen LogP contribution in [0.1, 0.15) is 64.3 Å². The molecule has 0 atom stereocenters. The first-order valence-electron chi connectivity index (χ1n) is 9.45. The molecule has 0 radical (unpaired) electrons. The molecule has 0 spiro atoms. The van der Waals surface area contributed by atoms with Crippen molar-refractivity contribution in [3.8, 4) is 0 Å². The fourth-order valence-corrected chi connectivity index (χ4v) is 3.49. The summed E-state index contributed by atoms with van der Waals surface area (Å²) in [4.78, 5) is 24.1. The minimum Gasteiger partial charge on any atom is -0.350 e. The largest absolute Gasteiger partial charge is 0.350 e. The van der Waals surface area contributed by atoms with Crippen molar-refractivity contribution in [1.29, 1.82) is 0 Å². The molecule has 1 fully saturated rings. The third kappa shape index (κ3) is 4.94. The van der Waals surface area contributed by atoms with Crippen molar-refractivity contribution in [2.45, 2.75) is 38.0 Å². The van der Waals surface area contributed by atoms with Gasteiger partial charge in [0.25, 0.3) is 11.8 Å². The highest BCUT2D eigenvalue weighted by molar-refractivity contribution is 5.95. The van der Waals surface area contributed by atoms with E-state index in [9.17, 15) is 9.59 Å². The normalized spacial score (nSPS) is 14.6. The van der Waals surface area contributed by atoms with Crippen molar-refractivity contribution in [3.05, 3.63) is 71.3 Å². The van der Waals surface area contributed by atoms with Crippen LogP contribution >= 0.6 is 0 Å². The van der Waals surface area contributed by atoms with Crippen LogP contribution in [0.3, 0.4) is 0 Å². The topological polar surface area (TPSA) is 58.2 Å². The molecule has 0 aliphatic heterocycles. The summed E-state index contributed by atoms with van der Waals surface area (Å²) >= 11 is 0. The van der Waals surface area contributed by atoms with Crippen molar-refractivity contribution >= 4 is 11.8 Å². The van der Waals surface area contributed by atoms with Crippen LogP contribution in [-0.2, 0) is 0 Å². The van der Waals surface area contributed by atoms with Crippen molar-refractivity contribution in [3.63, 3.8) is 0 Å². The average molecular weight is 350 g/mol. The van der Waals surface area contributed by atoms with E-state index in [-0.39, 0.29) is 11.8 Å². The molecule has 4 heteroatoms. The molecule has 3 rings (SSSR count). The standard InChI is InChI=1S/C22H26N2O2/c25-21(19-9-5-2-6-10-19)23-15-16-24-22(26)20-13-11-18(12-14-20)17-7-3-1-4-8-17/h2,5-6,9-14,17H,1,3-4,7-8,15-16H2,(H,23,25)(H,24,26). The molecule has 2 amide bonds. The first-order valence-corrected chi connectivity index (χ1v) is 9.45. The second kappa shape index (κ2) is 9.18. The fourth-order valence-electron chi connectivity index (χ4n) is 3.49. The van der Waals surface area contributed by atoms with Gasteiger partial charge in [0.05, 0.1) is 0 Å². The Kier molecular flexibility index (Phi) is 6.42. The summed E-state index contributed by atoms with van der Waals surface area (Å²) in [5.74, 6) is 0.417. The molecular weight excluding hydrogens is 324 g/mol. The Morgan fingerprint density at radius 1 is 0.731 bits per heavy atom. The van der Waals surface area contributed by atoms with Crippen LogP contribution in [0.25, 0.3) is 0 Å². The van der Waals surface area contributed by atoms with Gasteiger partial charge in [0.2, 0.25) is 0 Å². The molecule has 1 aliphatic carbocycles. The molecule has 0 unspecified atom stereocenters. The molecule has 0 saturated heterocycles. The summed E-state index contributed by atoms with van der Waals surface area (Å²) in [5.41, 5.74) is 2.63. The Labute approximate surface area is 155 Å². The van der Waals surface area contributed by atoms with E-state index in [4.69, 9.17) is 0 Å². The summed E-state index contributed by atoms with van der Waals surface area (Å²) in [6.45, 7) is 0.807. The number of nitrogens with one attached hydrogen (secondary N) is 2. The van der Waals surface area contributed by atoms with Gasteiger partial charge in [-0.15, -0.1) is 0 Å².